The van der Waals surface area contributed by atoms with Crippen molar-refractivity contribution in [3.05, 3.63) is 40.4 Å². The molecule has 0 aliphatic carbocycles. The molecule has 1 unspecified atom stereocenters. The molecule has 3 nitrogen and oxygen atoms in total. The van der Waals surface area contributed by atoms with Gasteiger partial charge in [-0.25, -0.2) is 0 Å². The van der Waals surface area contributed by atoms with E-state index < -0.39 is 0 Å². The first kappa shape index (κ1) is 10.7. The van der Waals surface area contributed by atoms with E-state index in [9.17, 15) is 0 Å². The Balaban J connectivity index is 2.59. The van der Waals surface area contributed by atoms with E-state index in [1.807, 2.05) is 17.5 Å². The average molecular weight is 263 g/mol. The van der Waals surface area contributed by atoms with Crippen molar-refractivity contribution in [2.24, 2.45) is 0 Å². The van der Waals surface area contributed by atoms with Crippen molar-refractivity contribution in [2.75, 3.05) is 0 Å². The number of H-pyrrole nitrogens is 2. The van der Waals surface area contributed by atoms with Crippen molar-refractivity contribution >= 4 is 34.0 Å². The summed E-state index contributed by atoms with van der Waals surface area (Å²) in [6, 6.07) is 8.13. The number of hydrogen-bond donors (Lipinski definition) is 2. The number of hydrogen-bond acceptors (Lipinski definition) is 0. The second kappa shape index (κ2) is 4.35. The van der Waals surface area contributed by atoms with Gasteiger partial charge < -0.3 is 0 Å². The molecule has 0 amide bonds. The van der Waals surface area contributed by atoms with Crippen LogP contribution in [0.15, 0.2) is 29.6 Å². The van der Waals surface area contributed by atoms with Crippen molar-refractivity contribution in [1.82, 2.24) is 13.9 Å². The Morgan fingerprint density at radius 3 is 2.73 bits per heavy atom. The van der Waals surface area contributed by atoms with E-state index in [2.05, 4.69) is 28.6 Å². The normalized spacial score (nSPS) is 11.5. The lowest BCUT2D eigenvalue weighted by Gasteiger charge is -1.99. The summed E-state index contributed by atoms with van der Waals surface area (Å²) in [5.41, 5.74) is 1.21. The van der Waals surface area contributed by atoms with Crippen molar-refractivity contribution in [1.29, 1.82) is 0 Å². The number of aromatic amines is 2. The van der Waals surface area contributed by atoms with Crippen LogP contribution in [-0.4, -0.2) is 13.9 Å². The largest absolute Gasteiger partial charge is 0.250 e. The van der Waals surface area contributed by atoms with E-state index in [1.54, 1.807) is 0 Å². The molecule has 0 aliphatic rings. The van der Waals surface area contributed by atoms with E-state index in [0.717, 1.165) is 0 Å². The number of nitrogens with one attached hydrogen (secondary N) is 2. The van der Waals surface area contributed by atoms with Gasteiger partial charge in [-0.05, 0) is 6.92 Å². The van der Waals surface area contributed by atoms with Crippen LogP contribution in [0.1, 0.15) is 5.56 Å². The number of halogens is 2. The van der Waals surface area contributed by atoms with Crippen LogP contribution in [0, 0.1) is 6.92 Å². The van der Waals surface area contributed by atoms with Crippen LogP contribution in [0.3, 0.4) is 0 Å². The van der Waals surface area contributed by atoms with Crippen LogP contribution >= 0.6 is 34.0 Å². The highest BCUT2D eigenvalue weighted by molar-refractivity contribution is 7.33. The molecule has 0 radical (unpaired) electrons. The van der Waals surface area contributed by atoms with Gasteiger partial charge in [0.2, 0.25) is 10.3 Å². The third-order valence-electron chi connectivity index (χ3n) is 1.94. The second-order valence-corrected chi connectivity index (χ2v) is 5.33. The maximum atomic E-state index is 5.90. The molecule has 0 bridgehead atoms. The molecule has 0 spiro atoms. The van der Waals surface area contributed by atoms with Crippen LogP contribution in [0.5, 0.6) is 0 Å². The van der Waals surface area contributed by atoms with Crippen molar-refractivity contribution in [3.63, 3.8) is 0 Å². The molecule has 0 saturated heterocycles. The molecule has 2 rings (SSSR count). The van der Waals surface area contributed by atoms with Gasteiger partial charge in [-0.15, -0.1) is 0 Å². The van der Waals surface area contributed by atoms with Gasteiger partial charge in [0.25, 0.3) is 0 Å². The molecule has 1 atom stereocenters. The molecule has 2 N–H and O–H groups in total. The zero-order valence-corrected chi connectivity index (χ0v) is 10.3. The highest BCUT2D eigenvalue weighted by Gasteiger charge is 2.12. The zero-order valence-electron chi connectivity index (χ0n) is 8.00. The third kappa shape index (κ3) is 2.40. The highest BCUT2D eigenvalue weighted by Crippen LogP contribution is 2.30. The van der Waals surface area contributed by atoms with Crippen LogP contribution in [0.4, 0.5) is 0 Å². The smallest absolute Gasteiger partial charge is 0.205 e. The Morgan fingerprint density at radius 2 is 2.07 bits per heavy atom. The standard InChI is InChI=1S/C9H10Cl2N3S/c1-7-4-2-3-5-8(7)15-6-9(10)12-14(11)13-15/h2-6,12-13H,1H3/q+1. The lowest BCUT2D eigenvalue weighted by Crippen LogP contribution is -1.95. The van der Waals surface area contributed by atoms with Gasteiger partial charge in [-0.1, -0.05) is 38.6 Å². The summed E-state index contributed by atoms with van der Waals surface area (Å²) >= 11 is 11.7. The fourth-order valence-electron chi connectivity index (χ4n) is 1.27. The molecule has 80 valence electrons. The van der Waals surface area contributed by atoms with Crippen LogP contribution in [0.2, 0.25) is 5.15 Å². The van der Waals surface area contributed by atoms with Gasteiger partial charge in [0.1, 0.15) is 10.7 Å². The Bertz CT molecular complexity index is 484. The summed E-state index contributed by atoms with van der Waals surface area (Å²) in [5.74, 6) is 0. The number of benzene rings is 1. The fourth-order valence-corrected chi connectivity index (χ4v) is 3.38. The molecule has 2 aromatic rings. The monoisotopic (exact) mass is 262 g/mol. The predicted octanol–water partition coefficient (Wildman–Crippen LogP) is 3.97. The van der Waals surface area contributed by atoms with Gasteiger partial charge in [-0.2, -0.15) is 0 Å². The molecule has 1 heterocycles. The molecule has 1 aromatic heterocycles. The van der Waals surface area contributed by atoms with Crippen LogP contribution in [-0.2, 0) is 0 Å². The number of rotatable bonds is 1. The van der Waals surface area contributed by atoms with E-state index >= 15 is 0 Å². The van der Waals surface area contributed by atoms with E-state index in [4.69, 9.17) is 23.4 Å². The minimum absolute atomic E-state index is 0.292. The minimum atomic E-state index is -0.292. The Hall–Kier alpha value is -0.840. The Morgan fingerprint density at radius 1 is 1.33 bits per heavy atom. The van der Waals surface area contributed by atoms with E-state index in [-0.39, 0.29) is 10.7 Å². The summed E-state index contributed by atoms with van der Waals surface area (Å²) in [5, 5.41) is 5.15. The van der Waals surface area contributed by atoms with Gasteiger partial charge in [-0.3, -0.25) is 5.10 Å². The quantitative estimate of drug-likeness (QED) is 0.730. The topological polar surface area (TPSA) is 36.5 Å². The second-order valence-electron chi connectivity index (χ2n) is 3.05. The summed E-state index contributed by atoms with van der Waals surface area (Å²) in [6.45, 7) is 2.06. The molecule has 6 heteroatoms. The molecule has 15 heavy (non-hydrogen) atoms. The first-order chi connectivity index (χ1) is 7.16. The lowest BCUT2D eigenvalue weighted by atomic mass is 10.2. The fraction of sp³-hybridized carbons (Fsp3) is 0.111. The summed E-state index contributed by atoms with van der Waals surface area (Å²) in [7, 11) is -0.292. The first-order valence-electron chi connectivity index (χ1n) is 4.32. The Labute approximate surface area is 100 Å². The predicted molar refractivity (Wildman–Crippen MR) is 65.6 cm³/mol. The maximum absolute atomic E-state index is 5.90. The number of nitrogens with zero attached hydrogens (tertiary/aromatic N) is 1. The highest BCUT2D eigenvalue weighted by atomic mass is 35.5. The molecular weight excluding hydrogens is 253 g/mol. The molecule has 0 aliphatic heterocycles. The lowest BCUT2D eigenvalue weighted by molar-refractivity contribution is 0.832. The maximum Gasteiger partial charge on any atom is 0.205 e. The van der Waals surface area contributed by atoms with E-state index in [1.165, 1.54) is 14.8 Å². The van der Waals surface area contributed by atoms with E-state index in [0.29, 0.717) is 5.15 Å². The molecular formula is C9H10Cl2N3S+. The van der Waals surface area contributed by atoms with Crippen LogP contribution < -0.4 is 0 Å². The van der Waals surface area contributed by atoms with Crippen LogP contribution in [0.25, 0.3) is 4.90 Å². The summed E-state index contributed by atoms with van der Waals surface area (Å²) < 4.78 is 4.31. The first-order valence-corrected chi connectivity index (χ1v) is 6.32. The van der Waals surface area contributed by atoms with Gasteiger partial charge in [0.15, 0.2) is 5.15 Å². The van der Waals surface area contributed by atoms with Gasteiger partial charge >= 0.3 is 0 Å². The Kier molecular flexibility index (Phi) is 3.09. The molecule has 0 saturated carbocycles. The van der Waals surface area contributed by atoms with Crippen molar-refractivity contribution < 1.29 is 0 Å². The van der Waals surface area contributed by atoms with Gasteiger partial charge in [0.05, 0.1) is 11.8 Å². The summed E-state index contributed by atoms with van der Waals surface area (Å²) in [6.07, 6.45) is 0. The zero-order chi connectivity index (χ0) is 10.8. The third-order valence-corrected chi connectivity index (χ3v) is 4.31. The number of aryl methyl sites for hydroxylation is 1. The average Bonchev–Trinajstić information content (AvgIpc) is 2.16. The van der Waals surface area contributed by atoms with Crippen molar-refractivity contribution in [2.45, 2.75) is 6.92 Å². The summed E-state index contributed by atoms with van der Waals surface area (Å²) in [4.78, 5) is 1.18. The molecule has 1 aromatic carbocycles. The SMILES string of the molecule is Cc1ccccc1-[s+]1cc(Cl)[nH]n(Cl)[nH]1. The molecule has 0 fully saturated rings. The van der Waals surface area contributed by atoms with Gasteiger partial charge in [0, 0.05) is 11.6 Å². The number of aromatic nitrogens is 3. The van der Waals surface area contributed by atoms with Crippen molar-refractivity contribution in [3.8, 4) is 4.90 Å². The minimum Gasteiger partial charge on any atom is -0.250 e.